The Morgan fingerprint density at radius 3 is 2.58 bits per heavy atom. The molecule has 0 amide bonds. The first kappa shape index (κ1) is 22.1. The molecule has 0 bridgehead atoms. The highest BCUT2D eigenvalue weighted by atomic mass is 32.2. The number of nitrogens with zero attached hydrogens (tertiary/aromatic N) is 2. The zero-order chi connectivity index (χ0) is 22.0. The van der Waals surface area contributed by atoms with E-state index < -0.39 is 10.0 Å². The first-order chi connectivity index (χ1) is 14.9. The summed E-state index contributed by atoms with van der Waals surface area (Å²) >= 11 is 0. The highest BCUT2D eigenvalue weighted by Crippen LogP contribution is 2.32. The zero-order valence-electron chi connectivity index (χ0n) is 18.7. The van der Waals surface area contributed by atoms with E-state index in [0.29, 0.717) is 12.3 Å². The van der Waals surface area contributed by atoms with Gasteiger partial charge in [0.1, 0.15) is 10.6 Å². The smallest absolute Gasteiger partial charge is 0.244 e. The van der Waals surface area contributed by atoms with Crippen LogP contribution in [0.15, 0.2) is 41.3 Å². The number of hydrogen-bond donors (Lipinski definition) is 1. The molecule has 0 aliphatic carbocycles. The first-order valence-electron chi connectivity index (χ1n) is 11.1. The molecule has 1 saturated heterocycles. The van der Waals surface area contributed by atoms with Gasteiger partial charge < -0.3 is 9.64 Å². The molecule has 4 rings (SSSR count). The number of rotatable bonds is 7. The molecule has 2 aliphatic heterocycles. The molecule has 1 fully saturated rings. The summed E-state index contributed by atoms with van der Waals surface area (Å²) in [5, 5.41) is 0. The average Bonchev–Trinajstić information content (AvgIpc) is 3.28. The van der Waals surface area contributed by atoms with Gasteiger partial charge in [-0.15, -0.1) is 0 Å². The molecule has 0 spiro atoms. The van der Waals surface area contributed by atoms with Crippen LogP contribution < -0.4 is 14.4 Å². The molecule has 2 aromatic rings. The normalized spacial score (nSPS) is 18.1. The lowest BCUT2D eigenvalue weighted by molar-refractivity contribution is 0.246. The zero-order valence-corrected chi connectivity index (χ0v) is 19.5. The van der Waals surface area contributed by atoms with Gasteiger partial charge in [0.05, 0.1) is 7.11 Å². The van der Waals surface area contributed by atoms with Crippen molar-refractivity contribution in [1.29, 1.82) is 0 Å². The molecule has 6 nitrogen and oxygen atoms in total. The van der Waals surface area contributed by atoms with Crippen LogP contribution in [0.2, 0.25) is 0 Å². The van der Waals surface area contributed by atoms with Gasteiger partial charge in [0.25, 0.3) is 0 Å². The minimum Gasteiger partial charge on any atom is -0.495 e. The van der Waals surface area contributed by atoms with Crippen LogP contribution in [0.5, 0.6) is 5.75 Å². The number of fused-ring (bicyclic) bond motifs is 1. The Kier molecular flexibility index (Phi) is 6.55. The first-order valence-corrected chi connectivity index (χ1v) is 12.6. The molecule has 0 aromatic heterocycles. The third-order valence-electron chi connectivity index (χ3n) is 6.50. The van der Waals surface area contributed by atoms with E-state index in [1.807, 2.05) is 13.0 Å². The van der Waals surface area contributed by atoms with Crippen LogP contribution in [0.1, 0.15) is 42.0 Å². The molecule has 168 valence electrons. The monoisotopic (exact) mass is 443 g/mol. The third-order valence-corrected chi connectivity index (χ3v) is 7.94. The van der Waals surface area contributed by atoms with E-state index in [1.165, 1.54) is 23.9 Å². The van der Waals surface area contributed by atoms with Crippen molar-refractivity contribution in [2.75, 3.05) is 45.2 Å². The van der Waals surface area contributed by atoms with E-state index in [1.54, 1.807) is 12.1 Å². The molecular formula is C24H33N3O3S. The third kappa shape index (κ3) is 4.73. The molecule has 2 heterocycles. The number of aryl methyl sites for hydroxylation is 2. The Bertz CT molecular complexity index is 1030. The van der Waals surface area contributed by atoms with Gasteiger partial charge in [-0.25, -0.2) is 13.1 Å². The number of likely N-dealkylation sites (tertiary alicyclic amines) is 1. The number of nitrogens with one attached hydrogen (secondary N) is 1. The fraction of sp³-hybridized carbons (Fsp3) is 0.500. The summed E-state index contributed by atoms with van der Waals surface area (Å²) in [4.78, 5) is 4.91. The molecule has 2 aliphatic rings. The van der Waals surface area contributed by atoms with Gasteiger partial charge in [0.2, 0.25) is 10.0 Å². The Labute approximate surface area is 186 Å². The minimum atomic E-state index is -3.69. The Morgan fingerprint density at radius 1 is 1.06 bits per heavy atom. The van der Waals surface area contributed by atoms with Crippen molar-refractivity contribution >= 4 is 15.7 Å². The fourth-order valence-corrected chi connectivity index (χ4v) is 6.07. The second kappa shape index (κ2) is 9.18. The quantitative estimate of drug-likeness (QED) is 0.710. The fourth-order valence-electron chi connectivity index (χ4n) is 4.78. The molecule has 1 unspecified atom stereocenters. The summed E-state index contributed by atoms with van der Waals surface area (Å²) in [6.07, 6.45) is 4.54. The average molecular weight is 444 g/mol. The van der Waals surface area contributed by atoms with Crippen LogP contribution in [0.25, 0.3) is 0 Å². The highest BCUT2D eigenvalue weighted by Gasteiger charge is 2.28. The number of methoxy groups -OCH3 is 1. The van der Waals surface area contributed by atoms with Gasteiger partial charge in [0.15, 0.2) is 0 Å². The number of hydrogen-bond acceptors (Lipinski definition) is 5. The van der Waals surface area contributed by atoms with Crippen LogP contribution in [-0.4, -0.2) is 53.7 Å². The number of benzene rings is 2. The van der Waals surface area contributed by atoms with Gasteiger partial charge in [-0.05, 0) is 80.6 Å². The van der Waals surface area contributed by atoms with E-state index in [2.05, 4.69) is 39.8 Å². The predicted molar refractivity (Wildman–Crippen MR) is 125 cm³/mol. The molecule has 1 atom stereocenters. The van der Waals surface area contributed by atoms with Crippen LogP contribution >= 0.6 is 0 Å². The highest BCUT2D eigenvalue weighted by molar-refractivity contribution is 7.89. The van der Waals surface area contributed by atoms with Crippen molar-refractivity contribution in [2.24, 2.45) is 0 Å². The van der Waals surface area contributed by atoms with Crippen LogP contribution in [0, 0.1) is 6.92 Å². The predicted octanol–water partition coefficient (Wildman–Crippen LogP) is 3.50. The molecular weight excluding hydrogens is 410 g/mol. The van der Waals surface area contributed by atoms with E-state index in [0.717, 1.165) is 50.9 Å². The van der Waals surface area contributed by atoms with Gasteiger partial charge >= 0.3 is 0 Å². The van der Waals surface area contributed by atoms with E-state index in [4.69, 9.17) is 4.74 Å². The maximum Gasteiger partial charge on any atom is 0.244 e. The van der Waals surface area contributed by atoms with Crippen molar-refractivity contribution < 1.29 is 13.2 Å². The topological polar surface area (TPSA) is 61.9 Å². The van der Waals surface area contributed by atoms with Crippen molar-refractivity contribution in [3.63, 3.8) is 0 Å². The van der Waals surface area contributed by atoms with Gasteiger partial charge in [0, 0.05) is 31.9 Å². The van der Waals surface area contributed by atoms with Gasteiger partial charge in [-0.1, -0.05) is 18.2 Å². The maximum atomic E-state index is 13.2. The Morgan fingerprint density at radius 2 is 1.84 bits per heavy atom. The van der Waals surface area contributed by atoms with Crippen molar-refractivity contribution in [3.05, 3.63) is 53.1 Å². The summed E-state index contributed by atoms with van der Waals surface area (Å²) in [6, 6.07) is 11.9. The number of ether oxygens (including phenoxy) is 1. The molecule has 0 radical (unpaired) electrons. The standard InChI is InChI=1S/C24H33N3O3S/c1-18-8-11-23(30-3)24(15-18)31(28,29)25-17-22(27-13-4-5-14-27)20-9-10-21-19(16-20)7-6-12-26(21)2/h8-11,15-16,22,25H,4-7,12-14,17H2,1-3H3. The van der Waals surface area contributed by atoms with E-state index >= 15 is 0 Å². The lowest BCUT2D eigenvalue weighted by Crippen LogP contribution is -2.37. The maximum absolute atomic E-state index is 13.2. The number of sulfonamides is 1. The van der Waals surface area contributed by atoms with Crippen molar-refractivity contribution in [3.8, 4) is 5.75 Å². The second-order valence-electron chi connectivity index (χ2n) is 8.68. The number of anilines is 1. The second-order valence-corrected chi connectivity index (χ2v) is 10.4. The van der Waals surface area contributed by atoms with Crippen LogP contribution in [-0.2, 0) is 16.4 Å². The lowest BCUT2D eigenvalue weighted by atomic mass is 9.96. The largest absolute Gasteiger partial charge is 0.495 e. The molecule has 2 aromatic carbocycles. The SMILES string of the molecule is COc1ccc(C)cc1S(=O)(=O)NCC(c1ccc2c(c1)CCCN2C)N1CCCC1. The van der Waals surface area contributed by atoms with Crippen LogP contribution in [0.4, 0.5) is 5.69 Å². The van der Waals surface area contributed by atoms with Gasteiger partial charge in [-0.3, -0.25) is 4.90 Å². The Balaban J connectivity index is 1.61. The molecule has 7 heteroatoms. The van der Waals surface area contributed by atoms with E-state index in [-0.39, 0.29) is 10.9 Å². The van der Waals surface area contributed by atoms with Crippen molar-refractivity contribution in [2.45, 2.75) is 43.5 Å². The van der Waals surface area contributed by atoms with E-state index in [9.17, 15) is 8.42 Å². The summed E-state index contributed by atoms with van der Waals surface area (Å²) in [5.41, 5.74) is 4.73. The summed E-state index contributed by atoms with van der Waals surface area (Å²) in [7, 11) is -0.0554. The lowest BCUT2D eigenvalue weighted by Gasteiger charge is -2.32. The molecule has 0 saturated carbocycles. The molecule has 31 heavy (non-hydrogen) atoms. The summed E-state index contributed by atoms with van der Waals surface area (Å²) in [5.74, 6) is 0.368. The molecule has 1 N–H and O–H groups in total. The van der Waals surface area contributed by atoms with Gasteiger partial charge in [-0.2, -0.15) is 0 Å². The summed E-state index contributed by atoms with van der Waals surface area (Å²) in [6.45, 7) is 5.30. The van der Waals surface area contributed by atoms with Crippen molar-refractivity contribution in [1.82, 2.24) is 9.62 Å². The van der Waals surface area contributed by atoms with Crippen LogP contribution in [0.3, 0.4) is 0 Å². The Hall–Kier alpha value is -2.09. The minimum absolute atomic E-state index is 0.0191. The summed E-state index contributed by atoms with van der Waals surface area (Å²) < 4.78 is 34.5.